The molecule has 112 valence electrons. The van der Waals surface area contributed by atoms with E-state index < -0.39 is 11.9 Å². The van der Waals surface area contributed by atoms with Crippen molar-refractivity contribution in [2.75, 3.05) is 0 Å². The van der Waals surface area contributed by atoms with Crippen molar-refractivity contribution < 1.29 is 14.4 Å². The van der Waals surface area contributed by atoms with Gasteiger partial charge in [-0.25, -0.2) is 0 Å². The molecule has 0 spiro atoms. The first-order valence-corrected chi connectivity index (χ1v) is 7.03. The fourth-order valence-corrected chi connectivity index (χ4v) is 2.40. The summed E-state index contributed by atoms with van der Waals surface area (Å²) < 4.78 is 0. The number of rotatable bonds is 2. The highest BCUT2D eigenvalue weighted by Gasteiger charge is 2.29. The van der Waals surface area contributed by atoms with Crippen LogP contribution in [-0.2, 0) is 15.0 Å². The Morgan fingerprint density at radius 2 is 1.90 bits per heavy atom. The Hall–Kier alpha value is -2.17. The van der Waals surface area contributed by atoms with Gasteiger partial charge in [-0.1, -0.05) is 39.0 Å². The summed E-state index contributed by atoms with van der Waals surface area (Å²) >= 11 is 0. The van der Waals surface area contributed by atoms with Crippen molar-refractivity contribution in [1.82, 2.24) is 10.6 Å². The number of carbonyl (C=O) groups is 3. The first-order valence-electron chi connectivity index (χ1n) is 7.03. The molecule has 0 radical (unpaired) electrons. The number of piperidine rings is 1. The maximum Gasteiger partial charge on any atom is 0.252 e. The second kappa shape index (κ2) is 5.68. The van der Waals surface area contributed by atoms with Crippen LogP contribution in [0.25, 0.3) is 0 Å². The molecular weight excluding hydrogens is 268 g/mol. The molecule has 1 aromatic rings. The molecule has 1 aromatic carbocycles. The molecule has 5 heteroatoms. The van der Waals surface area contributed by atoms with Crippen LogP contribution in [0.2, 0.25) is 0 Å². The van der Waals surface area contributed by atoms with Crippen molar-refractivity contribution >= 4 is 17.7 Å². The third-order valence-electron chi connectivity index (χ3n) is 3.52. The Labute approximate surface area is 124 Å². The molecule has 1 aliphatic heterocycles. The summed E-state index contributed by atoms with van der Waals surface area (Å²) in [4.78, 5) is 35.3. The fourth-order valence-electron chi connectivity index (χ4n) is 2.40. The van der Waals surface area contributed by atoms with Crippen LogP contribution in [0.4, 0.5) is 0 Å². The molecule has 0 aromatic heterocycles. The van der Waals surface area contributed by atoms with Gasteiger partial charge in [-0.3, -0.25) is 19.7 Å². The minimum atomic E-state index is -0.650. The Morgan fingerprint density at radius 1 is 1.24 bits per heavy atom. The number of amides is 3. The zero-order valence-corrected chi connectivity index (χ0v) is 12.5. The van der Waals surface area contributed by atoms with Crippen molar-refractivity contribution in [2.24, 2.45) is 0 Å². The van der Waals surface area contributed by atoms with Crippen molar-refractivity contribution in [3.05, 3.63) is 35.4 Å². The second-order valence-corrected chi connectivity index (χ2v) is 6.27. The molecule has 1 unspecified atom stereocenters. The molecule has 0 bridgehead atoms. The summed E-state index contributed by atoms with van der Waals surface area (Å²) in [5, 5.41) is 4.95. The number of carbonyl (C=O) groups excluding carboxylic acids is 3. The molecule has 2 rings (SSSR count). The Kier molecular flexibility index (Phi) is 4.11. The van der Waals surface area contributed by atoms with Gasteiger partial charge in [0.25, 0.3) is 5.91 Å². The van der Waals surface area contributed by atoms with E-state index in [1.165, 1.54) is 0 Å². The third kappa shape index (κ3) is 3.48. The van der Waals surface area contributed by atoms with Gasteiger partial charge >= 0.3 is 0 Å². The van der Waals surface area contributed by atoms with E-state index in [1.807, 2.05) is 32.9 Å². The lowest BCUT2D eigenvalue weighted by molar-refractivity contribution is -0.134. The normalized spacial score (nSPS) is 19.1. The summed E-state index contributed by atoms with van der Waals surface area (Å²) in [6.07, 6.45) is 0.589. The number of hydrogen-bond donors (Lipinski definition) is 2. The first kappa shape index (κ1) is 15.2. The van der Waals surface area contributed by atoms with E-state index in [-0.39, 0.29) is 23.7 Å². The number of hydrogen-bond acceptors (Lipinski definition) is 3. The van der Waals surface area contributed by atoms with Crippen LogP contribution in [0.3, 0.4) is 0 Å². The minimum absolute atomic E-state index is 0.168. The van der Waals surface area contributed by atoms with E-state index in [1.54, 1.807) is 12.1 Å². The van der Waals surface area contributed by atoms with Crippen LogP contribution in [-0.4, -0.2) is 23.8 Å². The molecule has 3 amide bonds. The number of benzene rings is 1. The van der Waals surface area contributed by atoms with Crippen molar-refractivity contribution in [3.8, 4) is 0 Å². The maximum atomic E-state index is 12.4. The number of nitrogens with one attached hydrogen (secondary N) is 2. The lowest BCUT2D eigenvalue weighted by Gasteiger charge is -2.25. The van der Waals surface area contributed by atoms with E-state index >= 15 is 0 Å². The summed E-state index contributed by atoms with van der Waals surface area (Å²) in [5.41, 5.74) is 1.32. The monoisotopic (exact) mass is 288 g/mol. The molecule has 0 aliphatic carbocycles. The Morgan fingerprint density at radius 3 is 2.52 bits per heavy atom. The van der Waals surface area contributed by atoms with Crippen LogP contribution in [0.15, 0.2) is 24.3 Å². The smallest absolute Gasteiger partial charge is 0.252 e. The molecule has 1 fully saturated rings. The van der Waals surface area contributed by atoms with Gasteiger partial charge in [0.2, 0.25) is 11.8 Å². The first-order chi connectivity index (χ1) is 9.79. The molecule has 1 atom stereocenters. The Bertz CT molecular complexity index is 587. The van der Waals surface area contributed by atoms with Gasteiger partial charge in [-0.15, -0.1) is 0 Å². The van der Waals surface area contributed by atoms with E-state index in [0.717, 1.165) is 5.56 Å². The van der Waals surface area contributed by atoms with Crippen LogP contribution in [0.1, 0.15) is 49.5 Å². The van der Waals surface area contributed by atoms with E-state index in [9.17, 15) is 14.4 Å². The molecule has 1 aliphatic rings. The summed E-state index contributed by atoms with van der Waals surface area (Å²) in [7, 11) is 0. The topological polar surface area (TPSA) is 75.3 Å². The van der Waals surface area contributed by atoms with Crippen LogP contribution < -0.4 is 10.6 Å². The molecule has 2 N–H and O–H groups in total. The summed E-state index contributed by atoms with van der Waals surface area (Å²) in [5.74, 6) is -1.01. The Balaban J connectivity index is 2.18. The predicted octanol–water partition coefficient (Wildman–Crippen LogP) is 1.52. The van der Waals surface area contributed by atoms with Crippen molar-refractivity contribution in [2.45, 2.75) is 45.1 Å². The largest absolute Gasteiger partial charge is 0.340 e. The third-order valence-corrected chi connectivity index (χ3v) is 3.52. The van der Waals surface area contributed by atoms with Gasteiger partial charge in [-0.2, -0.15) is 0 Å². The van der Waals surface area contributed by atoms with Gasteiger partial charge in [0.1, 0.15) is 6.04 Å². The van der Waals surface area contributed by atoms with Crippen molar-refractivity contribution in [1.29, 1.82) is 0 Å². The number of imide groups is 1. The van der Waals surface area contributed by atoms with E-state index in [0.29, 0.717) is 12.0 Å². The van der Waals surface area contributed by atoms with Gasteiger partial charge in [0, 0.05) is 12.0 Å². The molecule has 1 saturated heterocycles. The van der Waals surface area contributed by atoms with Gasteiger partial charge in [-0.05, 0) is 23.5 Å². The second-order valence-electron chi connectivity index (χ2n) is 6.27. The molecule has 1 heterocycles. The average Bonchev–Trinajstić information content (AvgIpc) is 2.41. The van der Waals surface area contributed by atoms with Crippen molar-refractivity contribution in [3.63, 3.8) is 0 Å². The van der Waals surface area contributed by atoms with Crippen LogP contribution in [0.5, 0.6) is 0 Å². The predicted molar refractivity (Wildman–Crippen MR) is 78.8 cm³/mol. The van der Waals surface area contributed by atoms with Crippen LogP contribution >= 0.6 is 0 Å². The molecule has 0 saturated carbocycles. The lowest BCUT2D eigenvalue weighted by Crippen LogP contribution is -2.52. The zero-order chi connectivity index (χ0) is 15.6. The summed E-state index contributed by atoms with van der Waals surface area (Å²) in [6.45, 7) is 6.10. The van der Waals surface area contributed by atoms with Crippen LogP contribution in [0, 0.1) is 0 Å². The summed E-state index contributed by atoms with van der Waals surface area (Å²) in [6, 6.07) is 6.71. The highest BCUT2D eigenvalue weighted by atomic mass is 16.2. The molecular formula is C16H20N2O3. The highest BCUT2D eigenvalue weighted by Crippen LogP contribution is 2.25. The average molecular weight is 288 g/mol. The minimum Gasteiger partial charge on any atom is -0.340 e. The van der Waals surface area contributed by atoms with Gasteiger partial charge in [0.15, 0.2) is 0 Å². The SMILES string of the molecule is CC(C)(C)c1ccccc1C(=O)NC1CCC(=O)NC1=O. The molecule has 5 nitrogen and oxygen atoms in total. The fraction of sp³-hybridized carbons (Fsp3) is 0.438. The standard InChI is InChI=1S/C16H20N2O3/c1-16(2,3)11-7-5-4-6-10(11)14(20)17-12-8-9-13(19)18-15(12)21/h4-7,12H,8-9H2,1-3H3,(H,17,20)(H,18,19,21). The maximum absolute atomic E-state index is 12.4. The zero-order valence-electron chi connectivity index (χ0n) is 12.5. The van der Waals surface area contributed by atoms with Gasteiger partial charge in [0.05, 0.1) is 0 Å². The quantitative estimate of drug-likeness (QED) is 0.810. The molecule has 21 heavy (non-hydrogen) atoms. The van der Waals surface area contributed by atoms with E-state index in [4.69, 9.17) is 0 Å². The highest BCUT2D eigenvalue weighted by molar-refractivity contribution is 6.04. The van der Waals surface area contributed by atoms with E-state index in [2.05, 4.69) is 10.6 Å². The lowest BCUT2D eigenvalue weighted by atomic mass is 9.83. The van der Waals surface area contributed by atoms with Gasteiger partial charge < -0.3 is 5.32 Å².